The van der Waals surface area contributed by atoms with Crippen molar-refractivity contribution in [2.24, 2.45) is 0 Å². The summed E-state index contributed by atoms with van der Waals surface area (Å²) in [5.74, 6) is -0.538. The number of benzene rings is 2. The molecule has 0 fully saturated rings. The van der Waals surface area contributed by atoms with E-state index in [1.54, 1.807) is 11.4 Å². The van der Waals surface area contributed by atoms with E-state index >= 15 is 0 Å². The van der Waals surface area contributed by atoms with Crippen molar-refractivity contribution >= 4 is 43.0 Å². The minimum atomic E-state index is -3.74. The van der Waals surface area contributed by atoms with Gasteiger partial charge in [0, 0.05) is 26.3 Å². The second kappa shape index (κ2) is 9.92. The predicted octanol–water partition coefficient (Wildman–Crippen LogP) is 2.83. The summed E-state index contributed by atoms with van der Waals surface area (Å²) in [4.78, 5) is 12.4. The largest absolute Gasteiger partial charge is 0.325 e. The molecule has 1 aromatic heterocycles. The molecule has 2 aromatic carbocycles. The van der Waals surface area contributed by atoms with Gasteiger partial charge in [0.1, 0.15) is 4.21 Å². The normalized spacial score (nSPS) is 12.2. The molecule has 0 saturated heterocycles. The van der Waals surface area contributed by atoms with Crippen LogP contribution in [0.4, 0.5) is 5.69 Å². The third-order valence-electron chi connectivity index (χ3n) is 4.62. The maximum absolute atomic E-state index is 12.8. The summed E-state index contributed by atoms with van der Waals surface area (Å²) < 4.78 is 52.8. The molecular weight excluding hydrogens is 470 g/mol. The molecule has 0 radical (unpaired) electrons. The van der Waals surface area contributed by atoms with Crippen molar-refractivity contribution in [1.82, 2.24) is 8.61 Å². The average molecular weight is 494 g/mol. The van der Waals surface area contributed by atoms with E-state index in [1.807, 2.05) is 30.3 Å². The number of amides is 1. The Bertz CT molecular complexity index is 1260. The number of anilines is 1. The summed E-state index contributed by atoms with van der Waals surface area (Å²) in [7, 11) is -4.62. The summed E-state index contributed by atoms with van der Waals surface area (Å²) in [6.07, 6.45) is 0. The molecule has 0 bridgehead atoms. The van der Waals surface area contributed by atoms with Crippen LogP contribution in [0.15, 0.2) is 81.2 Å². The summed E-state index contributed by atoms with van der Waals surface area (Å²) in [6.45, 7) is -0.146. The molecular formula is C21H23N3O5S3. The first-order chi connectivity index (χ1) is 15.1. The van der Waals surface area contributed by atoms with Crippen molar-refractivity contribution in [1.29, 1.82) is 0 Å². The quantitative estimate of drug-likeness (QED) is 0.494. The van der Waals surface area contributed by atoms with E-state index in [2.05, 4.69) is 5.32 Å². The fourth-order valence-electron chi connectivity index (χ4n) is 2.87. The number of nitrogens with one attached hydrogen (secondary N) is 1. The second-order valence-corrected chi connectivity index (χ2v) is 12.3. The third kappa shape index (κ3) is 5.61. The molecule has 0 saturated carbocycles. The van der Waals surface area contributed by atoms with E-state index in [-0.39, 0.29) is 22.2 Å². The first kappa shape index (κ1) is 24.1. The maximum atomic E-state index is 12.8. The molecule has 0 unspecified atom stereocenters. The lowest BCUT2D eigenvalue weighted by Gasteiger charge is -2.18. The van der Waals surface area contributed by atoms with Gasteiger partial charge in [0.15, 0.2) is 0 Å². The topological polar surface area (TPSA) is 104 Å². The van der Waals surface area contributed by atoms with Crippen molar-refractivity contribution < 1.29 is 21.6 Å². The van der Waals surface area contributed by atoms with Crippen LogP contribution in [0.25, 0.3) is 0 Å². The van der Waals surface area contributed by atoms with E-state index in [4.69, 9.17) is 0 Å². The van der Waals surface area contributed by atoms with Gasteiger partial charge in [0.25, 0.3) is 10.0 Å². The molecule has 170 valence electrons. The fraction of sp³-hybridized carbons (Fsp3) is 0.190. The van der Waals surface area contributed by atoms with Gasteiger partial charge in [-0.1, -0.05) is 36.4 Å². The summed E-state index contributed by atoms with van der Waals surface area (Å²) in [5.41, 5.74) is 1.23. The fourth-order valence-corrected chi connectivity index (χ4v) is 6.35. The number of nitrogens with zero attached hydrogens (tertiary/aromatic N) is 2. The Balaban J connectivity index is 1.63. The number of thiophene rings is 1. The first-order valence-corrected chi connectivity index (χ1v) is 13.3. The molecule has 0 spiro atoms. The van der Waals surface area contributed by atoms with Crippen molar-refractivity contribution in [3.05, 3.63) is 77.7 Å². The van der Waals surface area contributed by atoms with Crippen molar-refractivity contribution in [2.45, 2.75) is 15.6 Å². The highest BCUT2D eigenvalue weighted by Gasteiger charge is 2.24. The number of likely N-dealkylation sites (N-methyl/N-ethyl adjacent to an activating group) is 1. The Morgan fingerprint density at radius 2 is 1.50 bits per heavy atom. The van der Waals surface area contributed by atoms with Gasteiger partial charge >= 0.3 is 0 Å². The Kier molecular flexibility index (Phi) is 7.47. The zero-order valence-corrected chi connectivity index (χ0v) is 20.0. The highest BCUT2D eigenvalue weighted by atomic mass is 32.2. The molecule has 1 N–H and O–H groups in total. The molecule has 32 heavy (non-hydrogen) atoms. The lowest BCUT2D eigenvalue weighted by Crippen LogP contribution is -2.34. The Morgan fingerprint density at radius 3 is 2.09 bits per heavy atom. The van der Waals surface area contributed by atoms with Crippen LogP contribution in [-0.4, -0.2) is 52.0 Å². The van der Waals surface area contributed by atoms with Gasteiger partial charge in [-0.3, -0.25) is 4.79 Å². The molecule has 0 aliphatic heterocycles. The average Bonchev–Trinajstić information content (AvgIpc) is 3.30. The number of rotatable bonds is 9. The minimum absolute atomic E-state index is 0.0892. The van der Waals surface area contributed by atoms with Crippen molar-refractivity contribution in [3.8, 4) is 0 Å². The van der Waals surface area contributed by atoms with Crippen LogP contribution in [0, 0.1) is 0 Å². The van der Waals surface area contributed by atoms with Gasteiger partial charge in [0.05, 0.1) is 11.4 Å². The van der Waals surface area contributed by atoms with Gasteiger partial charge in [-0.25, -0.2) is 16.8 Å². The maximum Gasteiger partial charge on any atom is 0.252 e. The zero-order valence-electron chi connectivity index (χ0n) is 17.5. The van der Waals surface area contributed by atoms with Crippen LogP contribution in [-0.2, 0) is 31.4 Å². The van der Waals surface area contributed by atoms with Gasteiger partial charge in [-0.2, -0.15) is 8.61 Å². The predicted molar refractivity (Wildman–Crippen MR) is 124 cm³/mol. The van der Waals surface area contributed by atoms with Crippen LogP contribution in [0.1, 0.15) is 5.56 Å². The molecule has 0 atom stereocenters. The number of carbonyl (C=O) groups excluding carboxylic acids is 1. The van der Waals surface area contributed by atoms with Crippen LogP contribution in [0.5, 0.6) is 0 Å². The van der Waals surface area contributed by atoms with Crippen LogP contribution in [0.2, 0.25) is 0 Å². The smallest absolute Gasteiger partial charge is 0.252 e. The Labute approximate surface area is 192 Å². The third-order valence-corrected chi connectivity index (χ3v) is 9.61. The van der Waals surface area contributed by atoms with Gasteiger partial charge in [-0.15, -0.1) is 11.3 Å². The summed E-state index contributed by atoms with van der Waals surface area (Å²) in [6, 6.07) is 18.1. The van der Waals surface area contributed by atoms with Crippen molar-refractivity contribution in [2.75, 3.05) is 26.0 Å². The highest BCUT2D eigenvalue weighted by molar-refractivity contribution is 7.91. The summed E-state index contributed by atoms with van der Waals surface area (Å²) >= 11 is 1.07. The lowest BCUT2D eigenvalue weighted by molar-refractivity contribution is -0.116. The zero-order chi connectivity index (χ0) is 23.4. The molecule has 3 rings (SSSR count). The van der Waals surface area contributed by atoms with E-state index in [1.165, 1.54) is 48.7 Å². The number of hydrogen-bond donors (Lipinski definition) is 1. The molecule has 3 aromatic rings. The molecule has 8 nitrogen and oxygen atoms in total. The molecule has 1 amide bonds. The van der Waals surface area contributed by atoms with Gasteiger partial charge in [-0.05, 0) is 41.3 Å². The standard InChI is InChI=1S/C21H23N3O5S3/c1-23(15-17-7-4-3-5-8-17)31(26,27)19-12-10-18(11-13-19)22-20(25)16-24(2)32(28,29)21-9-6-14-30-21/h3-14H,15-16H2,1-2H3,(H,22,25). The van der Waals surface area contributed by atoms with Crippen LogP contribution < -0.4 is 5.32 Å². The van der Waals surface area contributed by atoms with E-state index in [0.717, 1.165) is 21.2 Å². The van der Waals surface area contributed by atoms with E-state index in [9.17, 15) is 21.6 Å². The minimum Gasteiger partial charge on any atom is -0.325 e. The van der Waals surface area contributed by atoms with Gasteiger partial charge in [0.2, 0.25) is 15.9 Å². The number of sulfonamides is 2. The highest BCUT2D eigenvalue weighted by Crippen LogP contribution is 2.21. The molecule has 11 heteroatoms. The summed E-state index contributed by atoms with van der Waals surface area (Å²) in [5, 5.41) is 4.23. The molecule has 1 heterocycles. The number of carbonyl (C=O) groups is 1. The lowest BCUT2D eigenvalue weighted by atomic mass is 10.2. The van der Waals surface area contributed by atoms with Crippen molar-refractivity contribution in [3.63, 3.8) is 0 Å². The monoisotopic (exact) mass is 493 g/mol. The Morgan fingerprint density at radius 1 is 0.844 bits per heavy atom. The number of hydrogen-bond acceptors (Lipinski definition) is 6. The second-order valence-electron chi connectivity index (χ2n) is 7.01. The SMILES string of the molecule is CN(Cc1ccccc1)S(=O)(=O)c1ccc(NC(=O)CN(C)S(=O)(=O)c2cccs2)cc1. The molecule has 0 aliphatic rings. The van der Waals surface area contributed by atoms with Crippen LogP contribution in [0.3, 0.4) is 0 Å². The van der Waals surface area contributed by atoms with Gasteiger partial charge < -0.3 is 5.32 Å². The molecule has 0 aliphatic carbocycles. The Hall–Kier alpha value is -2.57. The van der Waals surface area contributed by atoms with Crippen LogP contribution >= 0.6 is 11.3 Å². The van der Waals surface area contributed by atoms with E-state index in [0.29, 0.717) is 5.69 Å². The van der Waals surface area contributed by atoms with E-state index < -0.39 is 26.0 Å². The first-order valence-electron chi connectivity index (χ1n) is 9.51.